The third-order valence-electron chi connectivity index (χ3n) is 2.51. The Labute approximate surface area is 107 Å². The maximum atomic E-state index is 12.7. The van der Waals surface area contributed by atoms with Crippen LogP contribution in [-0.4, -0.2) is 28.7 Å². The molecule has 1 aromatic rings. The van der Waals surface area contributed by atoms with Gasteiger partial charge in [0.1, 0.15) is 11.7 Å². The number of aryl methyl sites for hydroxylation is 1. The van der Waals surface area contributed by atoms with E-state index in [-0.39, 0.29) is 5.89 Å². The van der Waals surface area contributed by atoms with Crippen LogP contribution in [0.2, 0.25) is 0 Å². The van der Waals surface area contributed by atoms with Crippen molar-refractivity contribution in [3.05, 3.63) is 17.8 Å². The van der Waals surface area contributed by atoms with Crippen LogP contribution in [0, 0.1) is 12.8 Å². The summed E-state index contributed by atoms with van der Waals surface area (Å²) in [5.74, 6) is -2.13. The van der Waals surface area contributed by atoms with Gasteiger partial charge in [-0.05, 0) is 13.8 Å². The van der Waals surface area contributed by atoms with Gasteiger partial charge >= 0.3 is 6.18 Å². The minimum absolute atomic E-state index is 0.276. The number of nitrogens with two attached hydrogens (primary N) is 1. The van der Waals surface area contributed by atoms with E-state index in [1.165, 1.54) is 6.20 Å². The normalized spacial score (nSPS) is 16.4. The van der Waals surface area contributed by atoms with Gasteiger partial charge in [-0.25, -0.2) is 4.98 Å². The van der Waals surface area contributed by atoms with Crippen molar-refractivity contribution in [2.45, 2.75) is 26.1 Å². The number of amidine groups is 1. The van der Waals surface area contributed by atoms with Crippen LogP contribution in [0.1, 0.15) is 24.6 Å². The average Bonchev–Trinajstić information content (AvgIpc) is 2.73. The largest absolute Gasteiger partial charge is 0.444 e. The van der Waals surface area contributed by atoms with Crippen LogP contribution in [0.15, 0.2) is 15.8 Å². The van der Waals surface area contributed by atoms with Crippen molar-refractivity contribution in [3.63, 3.8) is 0 Å². The molecule has 0 aliphatic rings. The highest BCUT2D eigenvalue weighted by atomic mass is 19.4. The predicted octanol–water partition coefficient (Wildman–Crippen LogP) is 1.56. The molecular formula is C10H15F3N4O2. The highest BCUT2D eigenvalue weighted by Gasteiger charge is 2.42. The van der Waals surface area contributed by atoms with E-state index in [2.05, 4.69) is 15.5 Å². The molecule has 2 atom stereocenters. The van der Waals surface area contributed by atoms with Gasteiger partial charge in [-0.1, -0.05) is 5.16 Å². The van der Waals surface area contributed by atoms with Gasteiger partial charge in [0, 0.05) is 6.54 Å². The first kappa shape index (κ1) is 15.3. The molecule has 2 unspecified atom stereocenters. The predicted molar refractivity (Wildman–Crippen MR) is 60.6 cm³/mol. The summed E-state index contributed by atoms with van der Waals surface area (Å²) in [4.78, 5) is 3.90. The van der Waals surface area contributed by atoms with Crippen molar-refractivity contribution >= 4 is 5.84 Å². The van der Waals surface area contributed by atoms with Crippen molar-refractivity contribution in [2.24, 2.45) is 16.8 Å². The monoisotopic (exact) mass is 280 g/mol. The van der Waals surface area contributed by atoms with E-state index >= 15 is 0 Å². The Morgan fingerprint density at radius 1 is 1.63 bits per heavy atom. The average molecular weight is 280 g/mol. The first-order chi connectivity index (χ1) is 8.75. The van der Waals surface area contributed by atoms with Gasteiger partial charge in [0.2, 0.25) is 5.89 Å². The Bertz CT molecular complexity index is 444. The number of hydrogen-bond acceptors (Lipinski definition) is 5. The van der Waals surface area contributed by atoms with E-state index in [0.717, 1.165) is 0 Å². The standard InChI is InChI=1S/C10H15F3N4O2/c1-5-3-16-9(19-5)6(2)15-4-7(8(14)17-18)10(11,12)13/h3,6-7,15,18H,4H2,1-2H3,(H2,14,17). The van der Waals surface area contributed by atoms with Gasteiger partial charge in [0.05, 0.1) is 12.2 Å². The highest BCUT2D eigenvalue weighted by molar-refractivity contribution is 5.83. The van der Waals surface area contributed by atoms with Crippen LogP contribution >= 0.6 is 0 Å². The number of oxime groups is 1. The molecule has 0 saturated carbocycles. The van der Waals surface area contributed by atoms with Crippen LogP contribution in [0.25, 0.3) is 0 Å². The van der Waals surface area contributed by atoms with Crippen molar-refractivity contribution in [2.75, 3.05) is 6.54 Å². The van der Waals surface area contributed by atoms with Crippen LogP contribution in [0.3, 0.4) is 0 Å². The number of oxazole rings is 1. The first-order valence-electron chi connectivity index (χ1n) is 5.45. The summed E-state index contributed by atoms with van der Waals surface area (Å²) in [6, 6.07) is -0.523. The molecule has 1 aromatic heterocycles. The lowest BCUT2D eigenvalue weighted by Crippen LogP contribution is -2.43. The molecule has 9 heteroatoms. The van der Waals surface area contributed by atoms with Crippen LogP contribution in [0.4, 0.5) is 13.2 Å². The molecule has 6 nitrogen and oxygen atoms in total. The topological polar surface area (TPSA) is 96.7 Å². The van der Waals surface area contributed by atoms with Gasteiger partial charge < -0.3 is 20.7 Å². The molecule has 0 saturated heterocycles. The lowest BCUT2D eigenvalue weighted by molar-refractivity contribution is -0.155. The van der Waals surface area contributed by atoms with Crippen molar-refractivity contribution in [1.29, 1.82) is 0 Å². The van der Waals surface area contributed by atoms with Crippen LogP contribution in [0.5, 0.6) is 0 Å². The fraction of sp³-hybridized carbons (Fsp3) is 0.600. The quantitative estimate of drug-likeness (QED) is 0.329. The number of halogens is 3. The Morgan fingerprint density at radius 3 is 2.68 bits per heavy atom. The fourth-order valence-corrected chi connectivity index (χ4v) is 1.41. The van der Waals surface area contributed by atoms with Crippen LogP contribution in [-0.2, 0) is 0 Å². The molecule has 1 heterocycles. The van der Waals surface area contributed by atoms with Gasteiger partial charge in [0.15, 0.2) is 5.84 Å². The minimum Gasteiger partial charge on any atom is -0.444 e. The molecule has 0 bridgehead atoms. The molecule has 0 spiro atoms. The summed E-state index contributed by atoms with van der Waals surface area (Å²) in [6.07, 6.45) is -3.13. The molecular weight excluding hydrogens is 265 g/mol. The maximum absolute atomic E-state index is 12.7. The van der Waals surface area contributed by atoms with E-state index in [1.54, 1.807) is 13.8 Å². The second-order valence-electron chi connectivity index (χ2n) is 4.06. The maximum Gasteiger partial charge on any atom is 0.400 e. The Balaban J connectivity index is 2.67. The molecule has 108 valence electrons. The third kappa shape index (κ3) is 4.12. The van der Waals surface area contributed by atoms with Gasteiger partial charge in [0.25, 0.3) is 0 Å². The zero-order chi connectivity index (χ0) is 14.6. The molecule has 0 amide bonds. The van der Waals surface area contributed by atoms with Crippen molar-refractivity contribution in [1.82, 2.24) is 10.3 Å². The Hall–Kier alpha value is -1.77. The lowest BCUT2D eigenvalue weighted by Gasteiger charge is -2.20. The van der Waals surface area contributed by atoms with E-state index in [1.807, 2.05) is 0 Å². The number of hydrogen-bond donors (Lipinski definition) is 3. The van der Waals surface area contributed by atoms with E-state index in [0.29, 0.717) is 5.76 Å². The number of nitrogens with one attached hydrogen (secondary N) is 1. The van der Waals surface area contributed by atoms with Gasteiger partial charge in [-0.3, -0.25) is 0 Å². The second kappa shape index (κ2) is 5.91. The van der Waals surface area contributed by atoms with Crippen LogP contribution < -0.4 is 11.1 Å². The van der Waals surface area contributed by atoms with E-state index in [9.17, 15) is 13.2 Å². The summed E-state index contributed by atoms with van der Waals surface area (Å²) in [7, 11) is 0. The summed E-state index contributed by atoms with van der Waals surface area (Å²) < 4.78 is 43.2. The fourth-order valence-electron chi connectivity index (χ4n) is 1.41. The minimum atomic E-state index is -4.60. The number of rotatable bonds is 5. The molecule has 0 aliphatic carbocycles. The smallest absolute Gasteiger partial charge is 0.400 e. The van der Waals surface area contributed by atoms with E-state index in [4.69, 9.17) is 15.4 Å². The molecule has 0 aliphatic heterocycles. The summed E-state index contributed by atoms with van der Waals surface area (Å²) in [5, 5.41) is 13.3. The summed E-state index contributed by atoms with van der Waals surface area (Å²) in [6.45, 7) is 2.74. The lowest BCUT2D eigenvalue weighted by atomic mass is 10.1. The zero-order valence-electron chi connectivity index (χ0n) is 10.4. The number of nitrogens with zero attached hydrogens (tertiary/aromatic N) is 2. The van der Waals surface area contributed by atoms with Gasteiger partial charge in [-0.2, -0.15) is 13.2 Å². The molecule has 0 radical (unpaired) electrons. The summed E-state index contributed by atoms with van der Waals surface area (Å²) >= 11 is 0. The molecule has 1 rings (SSSR count). The molecule has 19 heavy (non-hydrogen) atoms. The zero-order valence-corrected chi connectivity index (χ0v) is 10.4. The summed E-state index contributed by atoms with van der Waals surface area (Å²) in [5.41, 5.74) is 5.03. The third-order valence-corrected chi connectivity index (χ3v) is 2.51. The highest BCUT2D eigenvalue weighted by Crippen LogP contribution is 2.26. The van der Waals surface area contributed by atoms with Gasteiger partial charge in [-0.15, -0.1) is 0 Å². The second-order valence-corrected chi connectivity index (χ2v) is 4.06. The van der Waals surface area contributed by atoms with Crippen molar-refractivity contribution < 1.29 is 22.8 Å². The van der Waals surface area contributed by atoms with Crippen molar-refractivity contribution in [3.8, 4) is 0 Å². The number of alkyl halides is 3. The molecule has 0 fully saturated rings. The SMILES string of the molecule is Cc1cnc(C(C)NCC(/C(N)=N/O)C(F)(F)F)o1. The van der Waals surface area contributed by atoms with E-state index < -0.39 is 30.5 Å². The Morgan fingerprint density at radius 2 is 2.26 bits per heavy atom. The first-order valence-corrected chi connectivity index (χ1v) is 5.45. The molecule has 0 aromatic carbocycles. The Kier molecular flexibility index (Phi) is 4.76. The number of aromatic nitrogens is 1. The molecule has 4 N–H and O–H groups in total.